The van der Waals surface area contributed by atoms with E-state index in [1.165, 1.54) is 12.1 Å². The Bertz CT molecular complexity index is 469. The lowest BCUT2D eigenvalue weighted by atomic mass is 9.84. The standard InChI is InChI=1S/C16H24FNO3/c1-5-21-15-9-13(16(15)20-4)18-10(2)12-8-11(17)6-7-14(12)19-3/h6-8,10,13,15-16,18H,5,9H2,1-4H3. The summed E-state index contributed by atoms with van der Waals surface area (Å²) >= 11 is 0. The molecule has 4 nitrogen and oxygen atoms in total. The van der Waals surface area contributed by atoms with E-state index >= 15 is 0 Å². The van der Waals surface area contributed by atoms with E-state index in [2.05, 4.69) is 5.32 Å². The molecule has 0 bridgehead atoms. The van der Waals surface area contributed by atoms with E-state index < -0.39 is 0 Å². The first kappa shape index (κ1) is 16.2. The average molecular weight is 297 g/mol. The number of methoxy groups -OCH3 is 2. The van der Waals surface area contributed by atoms with Crippen molar-refractivity contribution in [3.8, 4) is 5.75 Å². The summed E-state index contributed by atoms with van der Waals surface area (Å²) in [5, 5.41) is 3.47. The van der Waals surface area contributed by atoms with Gasteiger partial charge in [0.25, 0.3) is 0 Å². The molecule has 1 aromatic carbocycles. The van der Waals surface area contributed by atoms with Crippen LogP contribution in [0.4, 0.5) is 4.39 Å². The molecule has 0 aliphatic heterocycles. The molecule has 0 spiro atoms. The minimum absolute atomic E-state index is 0.0270. The van der Waals surface area contributed by atoms with Gasteiger partial charge in [0, 0.05) is 31.4 Å². The van der Waals surface area contributed by atoms with Crippen molar-refractivity contribution in [2.45, 2.75) is 44.6 Å². The highest BCUT2D eigenvalue weighted by Crippen LogP contribution is 2.31. The fourth-order valence-corrected chi connectivity index (χ4v) is 2.89. The third kappa shape index (κ3) is 3.54. The van der Waals surface area contributed by atoms with Gasteiger partial charge in [0.2, 0.25) is 0 Å². The van der Waals surface area contributed by atoms with Crippen LogP contribution in [-0.4, -0.2) is 39.1 Å². The Balaban J connectivity index is 2.02. The van der Waals surface area contributed by atoms with E-state index in [1.807, 2.05) is 13.8 Å². The monoisotopic (exact) mass is 297 g/mol. The number of ether oxygens (including phenoxy) is 3. The molecule has 0 heterocycles. The molecule has 1 fully saturated rings. The lowest BCUT2D eigenvalue weighted by molar-refractivity contribution is -0.133. The molecule has 1 saturated carbocycles. The van der Waals surface area contributed by atoms with Crippen molar-refractivity contribution in [2.75, 3.05) is 20.8 Å². The molecule has 0 aromatic heterocycles. The molecule has 1 aromatic rings. The minimum Gasteiger partial charge on any atom is -0.496 e. The second-order valence-corrected chi connectivity index (χ2v) is 5.31. The second kappa shape index (κ2) is 7.20. The fraction of sp³-hybridized carbons (Fsp3) is 0.625. The zero-order chi connectivity index (χ0) is 15.4. The maximum atomic E-state index is 13.5. The van der Waals surface area contributed by atoms with Crippen LogP contribution in [0.5, 0.6) is 5.75 Å². The Morgan fingerprint density at radius 2 is 2.14 bits per heavy atom. The largest absolute Gasteiger partial charge is 0.496 e. The fourth-order valence-electron chi connectivity index (χ4n) is 2.89. The highest BCUT2D eigenvalue weighted by Gasteiger charge is 2.42. The van der Waals surface area contributed by atoms with E-state index in [1.54, 1.807) is 20.3 Å². The minimum atomic E-state index is -0.261. The number of halogens is 1. The number of rotatable bonds is 7. The zero-order valence-corrected chi connectivity index (χ0v) is 13.1. The van der Waals surface area contributed by atoms with Crippen molar-refractivity contribution in [1.29, 1.82) is 0 Å². The second-order valence-electron chi connectivity index (χ2n) is 5.31. The summed E-state index contributed by atoms with van der Waals surface area (Å²) < 4.78 is 29.9. The van der Waals surface area contributed by atoms with Gasteiger partial charge in [-0.05, 0) is 38.5 Å². The summed E-state index contributed by atoms with van der Waals surface area (Å²) in [6.45, 7) is 4.66. The molecule has 118 valence electrons. The summed E-state index contributed by atoms with van der Waals surface area (Å²) in [6.07, 6.45) is 1.07. The topological polar surface area (TPSA) is 39.7 Å². The van der Waals surface area contributed by atoms with E-state index in [4.69, 9.17) is 14.2 Å². The van der Waals surface area contributed by atoms with Crippen LogP contribution in [0.15, 0.2) is 18.2 Å². The van der Waals surface area contributed by atoms with Crippen LogP contribution in [0.3, 0.4) is 0 Å². The van der Waals surface area contributed by atoms with E-state index in [0.717, 1.165) is 12.0 Å². The maximum absolute atomic E-state index is 13.5. The predicted molar refractivity (Wildman–Crippen MR) is 79.1 cm³/mol. The number of nitrogens with one attached hydrogen (secondary N) is 1. The SMILES string of the molecule is CCOC1CC(NC(C)c2cc(F)ccc2OC)C1OC. The first-order valence-corrected chi connectivity index (χ1v) is 7.34. The van der Waals surface area contributed by atoms with Crippen molar-refractivity contribution < 1.29 is 18.6 Å². The summed E-state index contributed by atoms with van der Waals surface area (Å²) in [4.78, 5) is 0. The van der Waals surface area contributed by atoms with Gasteiger partial charge in [-0.2, -0.15) is 0 Å². The highest BCUT2D eigenvalue weighted by atomic mass is 19.1. The van der Waals surface area contributed by atoms with Gasteiger partial charge in [-0.1, -0.05) is 0 Å². The smallest absolute Gasteiger partial charge is 0.123 e. The van der Waals surface area contributed by atoms with Crippen molar-refractivity contribution in [1.82, 2.24) is 5.32 Å². The Morgan fingerprint density at radius 3 is 2.76 bits per heavy atom. The molecule has 1 aliphatic carbocycles. The van der Waals surface area contributed by atoms with Crippen LogP contribution >= 0.6 is 0 Å². The maximum Gasteiger partial charge on any atom is 0.123 e. The molecule has 4 atom stereocenters. The highest BCUT2D eigenvalue weighted by molar-refractivity contribution is 5.36. The molecule has 0 radical (unpaired) electrons. The molecule has 1 N–H and O–H groups in total. The Morgan fingerprint density at radius 1 is 1.38 bits per heavy atom. The predicted octanol–water partition coefficient (Wildman–Crippen LogP) is 2.68. The first-order valence-electron chi connectivity index (χ1n) is 7.34. The molecular weight excluding hydrogens is 273 g/mol. The van der Waals surface area contributed by atoms with Crippen LogP contribution in [-0.2, 0) is 9.47 Å². The van der Waals surface area contributed by atoms with Gasteiger partial charge in [0.15, 0.2) is 0 Å². The normalized spacial score (nSPS) is 26.2. The van der Waals surface area contributed by atoms with E-state index in [0.29, 0.717) is 12.4 Å². The third-order valence-corrected chi connectivity index (χ3v) is 4.02. The Hall–Kier alpha value is -1.17. The molecule has 5 heteroatoms. The van der Waals surface area contributed by atoms with Gasteiger partial charge in [0.1, 0.15) is 11.6 Å². The van der Waals surface area contributed by atoms with E-state index in [9.17, 15) is 4.39 Å². The van der Waals surface area contributed by atoms with Crippen LogP contribution in [0, 0.1) is 5.82 Å². The van der Waals surface area contributed by atoms with Crippen LogP contribution in [0.1, 0.15) is 31.9 Å². The summed E-state index contributed by atoms with van der Waals surface area (Å²) in [7, 11) is 3.29. The Labute approximate surface area is 125 Å². The van der Waals surface area contributed by atoms with Crippen molar-refractivity contribution in [3.63, 3.8) is 0 Å². The molecule has 21 heavy (non-hydrogen) atoms. The van der Waals surface area contributed by atoms with Crippen LogP contribution in [0.2, 0.25) is 0 Å². The quantitative estimate of drug-likeness (QED) is 0.840. The zero-order valence-electron chi connectivity index (χ0n) is 13.1. The molecule has 1 aliphatic rings. The molecule has 0 amide bonds. The van der Waals surface area contributed by atoms with Gasteiger partial charge in [0.05, 0.1) is 19.3 Å². The lowest BCUT2D eigenvalue weighted by Crippen LogP contribution is -2.60. The third-order valence-electron chi connectivity index (χ3n) is 4.02. The van der Waals surface area contributed by atoms with Crippen molar-refractivity contribution >= 4 is 0 Å². The first-order chi connectivity index (χ1) is 10.1. The summed E-state index contributed by atoms with van der Waals surface area (Å²) in [5.41, 5.74) is 0.812. The van der Waals surface area contributed by atoms with Gasteiger partial charge < -0.3 is 19.5 Å². The molecule has 2 rings (SSSR count). The number of hydrogen-bond donors (Lipinski definition) is 1. The molecule has 4 unspecified atom stereocenters. The van der Waals surface area contributed by atoms with Gasteiger partial charge in [-0.25, -0.2) is 4.39 Å². The van der Waals surface area contributed by atoms with Crippen molar-refractivity contribution in [2.24, 2.45) is 0 Å². The van der Waals surface area contributed by atoms with Crippen LogP contribution < -0.4 is 10.1 Å². The average Bonchev–Trinajstić information content (AvgIpc) is 2.46. The van der Waals surface area contributed by atoms with Crippen LogP contribution in [0.25, 0.3) is 0 Å². The van der Waals surface area contributed by atoms with Gasteiger partial charge >= 0.3 is 0 Å². The lowest BCUT2D eigenvalue weighted by Gasteiger charge is -2.44. The van der Waals surface area contributed by atoms with Gasteiger partial charge in [-0.15, -0.1) is 0 Å². The van der Waals surface area contributed by atoms with Gasteiger partial charge in [-0.3, -0.25) is 0 Å². The number of hydrogen-bond acceptors (Lipinski definition) is 4. The summed E-state index contributed by atoms with van der Waals surface area (Å²) in [6, 6.07) is 4.74. The Kier molecular flexibility index (Phi) is 5.56. The summed E-state index contributed by atoms with van der Waals surface area (Å²) in [5.74, 6) is 0.426. The number of benzene rings is 1. The molecular formula is C16H24FNO3. The molecule has 0 saturated heterocycles. The van der Waals surface area contributed by atoms with Crippen molar-refractivity contribution in [3.05, 3.63) is 29.6 Å². The van der Waals surface area contributed by atoms with E-state index in [-0.39, 0.29) is 30.1 Å².